The second kappa shape index (κ2) is 7.46. The van der Waals surface area contributed by atoms with E-state index < -0.39 is 24.3 Å². The highest BCUT2D eigenvalue weighted by molar-refractivity contribution is 7.21. The molecule has 0 aliphatic carbocycles. The molecule has 2 heterocycles. The first-order valence-electron chi connectivity index (χ1n) is 7.47. The van der Waals surface area contributed by atoms with Crippen LogP contribution < -0.4 is 5.32 Å². The molecule has 1 aromatic heterocycles. The molecule has 1 atom stereocenters. The van der Waals surface area contributed by atoms with Crippen molar-refractivity contribution in [2.45, 2.75) is 18.9 Å². The molecule has 0 saturated carbocycles. The monoisotopic (exact) mass is 371 g/mol. The van der Waals surface area contributed by atoms with Crippen LogP contribution in [0.4, 0.5) is 4.39 Å². The smallest absolute Gasteiger partial charge is 0.350 e. The lowest BCUT2D eigenvalue weighted by molar-refractivity contribution is -0.124. The number of ether oxygens (including phenoxy) is 2. The molecule has 1 unspecified atom stereocenters. The maximum Gasteiger partial charge on any atom is 0.350 e. The van der Waals surface area contributed by atoms with E-state index in [1.54, 1.807) is 0 Å². The van der Waals surface area contributed by atoms with Gasteiger partial charge in [0.1, 0.15) is 10.7 Å². The first-order valence-corrected chi connectivity index (χ1v) is 8.67. The number of rotatable bonds is 5. The first kappa shape index (κ1) is 17.1. The molecule has 5 nitrogen and oxygen atoms in total. The molecule has 128 valence electrons. The number of amides is 1. The van der Waals surface area contributed by atoms with Crippen LogP contribution in [-0.4, -0.2) is 37.7 Å². The fourth-order valence-electron chi connectivity index (χ4n) is 2.45. The topological polar surface area (TPSA) is 64.6 Å². The number of fused-ring (bicyclic) bond motifs is 1. The van der Waals surface area contributed by atoms with E-state index >= 15 is 0 Å². The van der Waals surface area contributed by atoms with Gasteiger partial charge in [0.05, 0.1) is 11.1 Å². The second-order valence-corrected chi connectivity index (χ2v) is 6.83. The third kappa shape index (κ3) is 3.85. The van der Waals surface area contributed by atoms with Crippen molar-refractivity contribution in [1.82, 2.24) is 5.32 Å². The number of carbonyl (C=O) groups is 2. The molecule has 1 fully saturated rings. The molecule has 1 saturated heterocycles. The third-order valence-electron chi connectivity index (χ3n) is 3.66. The van der Waals surface area contributed by atoms with E-state index in [4.69, 9.17) is 21.1 Å². The van der Waals surface area contributed by atoms with Crippen LogP contribution in [0.25, 0.3) is 10.1 Å². The first-order chi connectivity index (χ1) is 11.5. The van der Waals surface area contributed by atoms with E-state index in [1.807, 2.05) is 0 Å². The van der Waals surface area contributed by atoms with Crippen LogP contribution in [0.5, 0.6) is 0 Å². The van der Waals surface area contributed by atoms with Crippen LogP contribution in [-0.2, 0) is 14.3 Å². The Kier molecular flexibility index (Phi) is 5.33. The van der Waals surface area contributed by atoms with Gasteiger partial charge in [-0.2, -0.15) is 0 Å². The zero-order valence-electron chi connectivity index (χ0n) is 12.6. The van der Waals surface area contributed by atoms with Gasteiger partial charge >= 0.3 is 5.97 Å². The maximum atomic E-state index is 13.2. The van der Waals surface area contributed by atoms with Gasteiger partial charge in [-0.1, -0.05) is 11.6 Å². The number of hydrogen-bond acceptors (Lipinski definition) is 5. The number of thiophene rings is 1. The highest BCUT2D eigenvalue weighted by Gasteiger charge is 2.20. The Bertz CT molecular complexity index is 773. The summed E-state index contributed by atoms with van der Waals surface area (Å²) in [5, 5.41) is 3.45. The molecule has 1 amide bonds. The van der Waals surface area contributed by atoms with Crippen molar-refractivity contribution in [1.29, 1.82) is 0 Å². The van der Waals surface area contributed by atoms with E-state index in [2.05, 4.69) is 5.32 Å². The molecule has 1 aliphatic rings. The Morgan fingerprint density at radius 1 is 1.46 bits per heavy atom. The van der Waals surface area contributed by atoms with Gasteiger partial charge < -0.3 is 14.8 Å². The minimum absolute atomic E-state index is 0.0246. The molecular formula is C16H15ClFNO4S. The predicted octanol–water partition coefficient (Wildman–Crippen LogP) is 3.15. The number of halogens is 2. The molecule has 2 aromatic rings. The lowest BCUT2D eigenvalue weighted by Gasteiger charge is -2.10. The van der Waals surface area contributed by atoms with E-state index in [9.17, 15) is 14.0 Å². The summed E-state index contributed by atoms with van der Waals surface area (Å²) < 4.78 is 24.2. The summed E-state index contributed by atoms with van der Waals surface area (Å²) in [5.74, 6) is -1.51. The van der Waals surface area contributed by atoms with Gasteiger partial charge in [0.2, 0.25) is 0 Å². The Hall–Kier alpha value is -1.70. The molecule has 3 rings (SSSR count). The van der Waals surface area contributed by atoms with Crippen molar-refractivity contribution in [2.75, 3.05) is 19.8 Å². The van der Waals surface area contributed by atoms with Crippen molar-refractivity contribution in [3.05, 3.63) is 33.9 Å². The molecule has 24 heavy (non-hydrogen) atoms. The average Bonchev–Trinajstić information content (AvgIpc) is 3.18. The van der Waals surface area contributed by atoms with Crippen LogP contribution in [0.2, 0.25) is 5.02 Å². The van der Waals surface area contributed by atoms with Crippen molar-refractivity contribution >= 4 is 44.9 Å². The zero-order chi connectivity index (χ0) is 17.1. The van der Waals surface area contributed by atoms with Gasteiger partial charge in [0.25, 0.3) is 5.91 Å². The Labute approximate surface area is 146 Å². The van der Waals surface area contributed by atoms with Gasteiger partial charge in [-0.05, 0) is 31.0 Å². The summed E-state index contributed by atoms with van der Waals surface area (Å²) in [6, 6.07) is 4.08. The van der Waals surface area contributed by atoms with Crippen molar-refractivity contribution in [3.63, 3.8) is 0 Å². The number of hydrogen-bond donors (Lipinski definition) is 1. The van der Waals surface area contributed by atoms with Crippen molar-refractivity contribution in [3.8, 4) is 0 Å². The molecule has 0 radical (unpaired) electrons. The standard InChI is InChI=1S/C16H15ClFNO4S/c17-14-11-4-3-9(18)6-12(11)24-15(14)16(21)23-8-13(20)19-7-10-2-1-5-22-10/h3-4,6,10H,1-2,5,7-8H2,(H,19,20). The van der Waals surface area contributed by atoms with Gasteiger partial charge in [0, 0.05) is 23.2 Å². The SMILES string of the molecule is O=C(COC(=O)c1sc2cc(F)ccc2c1Cl)NCC1CCCO1. The second-order valence-electron chi connectivity index (χ2n) is 5.40. The van der Waals surface area contributed by atoms with Crippen LogP contribution in [0.15, 0.2) is 18.2 Å². The highest BCUT2D eigenvalue weighted by Crippen LogP contribution is 2.36. The third-order valence-corrected chi connectivity index (χ3v) is 5.30. The van der Waals surface area contributed by atoms with Crippen molar-refractivity contribution < 1.29 is 23.5 Å². The summed E-state index contributed by atoms with van der Waals surface area (Å²) in [6.07, 6.45) is 1.92. The number of esters is 1. The minimum atomic E-state index is -0.700. The van der Waals surface area contributed by atoms with E-state index in [-0.39, 0.29) is 16.0 Å². The summed E-state index contributed by atoms with van der Waals surface area (Å²) in [5.41, 5.74) is 0. The quantitative estimate of drug-likeness (QED) is 0.820. The molecule has 0 spiro atoms. The molecule has 8 heteroatoms. The molecule has 0 bridgehead atoms. The van der Waals surface area contributed by atoms with Gasteiger partial charge in [0.15, 0.2) is 6.61 Å². The average molecular weight is 372 g/mol. The zero-order valence-corrected chi connectivity index (χ0v) is 14.2. The van der Waals surface area contributed by atoms with Gasteiger partial charge in [-0.25, -0.2) is 9.18 Å². The fourth-order valence-corrected chi connectivity index (χ4v) is 3.88. The largest absolute Gasteiger partial charge is 0.451 e. The van der Waals surface area contributed by atoms with Crippen LogP contribution >= 0.6 is 22.9 Å². The summed E-state index contributed by atoms with van der Waals surface area (Å²) in [6.45, 7) is 0.713. The normalized spacial score (nSPS) is 17.2. The van der Waals surface area contributed by atoms with Crippen LogP contribution in [0.3, 0.4) is 0 Å². The molecule has 1 aliphatic heterocycles. The van der Waals surface area contributed by atoms with E-state index in [0.29, 0.717) is 23.2 Å². The maximum absolute atomic E-state index is 13.2. The Morgan fingerprint density at radius 3 is 3.04 bits per heavy atom. The van der Waals surface area contributed by atoms with Gasteiger partial charge in [-0.3, -0.25) is 4.79 Å². The van der Waals surface area contributed by atoms with E-state index in [0.717, 1.165) is 24.2 Å². The Balaban J connectivity index is 1.56. The summed E-state index contributed by atoms with van der Waals surface area (Å²) in [7, 11) is 0. The lowest BCUT2D eigenvalue weighted by Crippen LogP contribution is -2.34. The van der Waals surface area contributed by atoms with E-state index in [1.165, 1.54) is 18.2 Å². The highest BCUT2D eigenvalue weighted by atomic mass is 35.5. The fraction of sp³-hybridized carbons (Fsp3) is 0.375. The predicted molar refractivity (Wildman–Crippen MR) is 89.1 cm³/mol. The Morgan fingerprint density at radius 2 is 2.29 bits per heavy atom. The summed E-state index contributed by atoms with van der Waals surface area (Å²) >= 11 is 7.17. The van der Waals surface area contributed by atoms with Crippen molar-refractivity contribution in [2.24, 2.45) is 0 Å². The van der Waals surface area contributed by atoms with Gasteiger partial charge in [-0.15, -0.1) is 11.3 Å². The number of benzene rings is 1. The minimum Gasteiger partial charge on any atom is -0.451 e. The number of nitrogens with one attached hydrogen (secondary N) is 1. The lowest BCUT2D eigenvalue weighted by atomic mass is 10.2. The summed E-state index contributed by atoms with van der Waals surface area (Å²) in [4.78, 5) is 24.0. The van der Waals surface area contributed by atoms with Crippen LogP contribution in [0.1, 0.15) is 22.5 Å². The molecule has 1 aromatic carbocycles. The molecule has 1 N–H and O–H groups in total. The number of carbonyl (C=O) groups excluding carboxylic acids is 2. The molecular weight excluding hydrogens is 357 g/mol. The van der Waals surface area contributed by atoms with Crippen LogP contribution in [0, 0.1) is 5.82 Å².